The number of nitrogens with zero attached hydrogens (tertiary/aromatic N) is 1. The van der Waals surface area contributed by atoms with Crippen molar-refractivity contribution in [2.24, 2.45) is 10.7 Å². The number of hydrogen-bond donors (Lipinski definition) is 1. The van der Waals surface area contributed by atoms with Crippen molar-refractivity contribution in [1.29, 1.82) is 0 Å². The zero-order valence-electron chi connectivity index (χ0n) is 43.9. The molecule has 10 aromatic rings. The molecule has 0 aromatic heterocycles. The lowest BCUT2D eigenvalue weighted by Gasteiger charge is -2.30. The van der Waals surface area contributed by atoms with Crippen molar-refractivity contribution in [2.45, 2.75) is 87.1 Å². The van der Waals surface area contributed by atoms with Gasteiger partial charge in [0.1, 0.15) is 0 Å². The van der Waals surface area contributed by atoms with Crippen molar-refractivity contribution in [2.75, 3.05) is 0 Å². The molecule has 0 amide bonds. The van der Waals surface area contributed by atoms with Crippen LogP contribution < -0.4 is 5.73 Å². The van der Waals surface area contributed by atoms with E-state index >= 15 is 0 Å². The number of hydrogen-bond acceptors (Lipinski definition) is 2. The summed E-state index contributed by atoms with van der Waals surface area (Å²) in [7, 11) is 0. The Labute approximate surface area is 429 Å². The Morgan fingerprint density at radius 3 is 1.53 bits per heavy atom. The van der Waals surface area contributed by atoms with E-state index in [0.29, 0.717) is 0 Å². The second kappa shape index (κ2) is 23.0. The Hall–Kier alpha value is -7.81. The van der Waals surface area contributed by atoms with Gasteiger partial charge in [-0.1, -0.05) is 254 Å². The highest BCUT2D eigenvalue weighted by Gasteiger charge is 2.50. The lowest BCUT2D eigenvalue weighted by atomic mass is 9.70. The van der Waals surface area contributed by atoms with E-state index in [-0.39, 0.29) is 5.41 Å². The number of allylic oxidation sites excluding steroid dienone is 1. The molecule has 72 heavy (non-hydrogen) atoms. The molecule has 0 atom stereocenters. The maximum Gasteiger partial charge on any atom is 0.0725 e. The molecule has 2 aliphatic rings. The lowest BCUT2D eigenvalue weighted by Crippen LogP contribution is -2.25. The first-order valence-corrected chi connectivity index (χ1v) is 26.2. The predicted molar refractivity (Wildman–Crippen MR) is 315 cm³/mol. The Bertz CT molecular complexity index is 3480. The highest BCUT2D eigenvalue weighted by Crippen LogP contribution is 2.63. The van der Waals surface area contributed by atoms with Gasteiger partial charge in [0.2, 0.25) is 0 Å². The molecule has 12 rings (SSSR count). The summed E-state index contributed by atoms with van der Waals surface area (Å²) in [5.74, 6) is 0. The van der Waals surface area contributed by atoms with E-state index in [9.17, 15) is 0 Å². The molecule has 0 heterocycles. The quantitative estimate of drug-likeness (QED) is 0.125. The molecule has 0 bridgehead atoms. The molecule has 0 saturated heterocycles. The van der Waals surface area contributed by atoms with E-state index in [2.05, 4.69) is 209 Å². The van der Waals surface area contributed by atoms with E-state index in [0.717, 1.165) is 30.6 Å². The van der Waals surface area contributed by atoms with Crippen molar-refractivity contribution >= 4 is 43.7 Å². The minimum atomic E-state index is -0.302. The first kappa shape index (κ1) is 50.6. The van der Waals surface area contributed by atoms with E-state index < -0.39 is 0 Å². The van der Waals surface area contributed by atoms with Gasteiger partial charge >= 0.3 is 0 Å². The Morgan fingerprint density at radius 1 is 0.458 bits per heavy atom. The average molecular weight is 939 g/mol. The normalized spacial score (nSPS) is 12.5. The topological polar surface area (TPSA) is 38.4 Å². The molecule has 1 spiro atoms. The molecule has 2 heteroatoms. The van der Waals surface area contributed by atoms with Crippen molar-refractivity contribution < 1.29 is 0 Å². The Morgan fingerprint density at radius 2 is 0.944 bits per heavy atom. The number of nitrogens with two attached hydrogens (primary N) is 1. The molecule has 0 radical (unpaired) electrons. The predicted octanol–water partition coefficient (Wildman–Crippen LogP) is 19.3. The van der Waals surface area contributed by atoms with Gasteiger partial charge in [-0.15, -0.1) is 0 Å². The van der Waals surface area contributed by atoms with E-state index in [1.54, 1.807) is 0 Å². The monoisotopic (exact) mass is 939 g/mol. The van der Waals surface area contributed by atoms with Gasteiger partial charge in [-0.05, 0) is 144 Å². The summed E-state index contributed by atoms with van der Waals surface area (Å²) in [5, 5.41) is 8.28. The molecule has 0 aliphatic heterocycles. The molecular weight excluding hydrogens is 869 g/mol. The van der Waals surface area contributed by atoms with E-state index in [4.69, 9.17) is 5.73 Å². The van der Waals surface area contributed by atoms with Crippen molar-refractivity contribution in [1.82, 2.24) is 0 Å². The molecule has 360 valence electrons. The maximum absolute atomic E-state index is 5.77. The van der Waals surface area contributed by atoms with Crippen molar-refractivity contribution in [3.05, 3.63) is 257 Å². The maximum atomic E-state index is 5.77. The van der Waals surface area contributed by atoms with E-state index in [1.807, 2.05) is 70.2 Å². The van der Waals surface area contributed by atoms with Gasteiger partial charge in [0.15, 0.2) is 0 Å². The molecule has 0 unspecified atom stereocenters. The fourth-order valence-electron chi connectivity index (χ4n) is 10.8. The standard InChI is InChI=1S/C39H26.C17H19N.C10H13N.2C2H6/c1-23-11-3-4-12-25(23)35-24(2)21-22-29-28-15-9-19-33-37(28)38-30(36(29)35)16-10-20-34(38)39(33)31-17-7-5-13-26(31)27-14-6-8-18-32(27)39;1-3-14(2)18-13-15-9-11-17(12-10-15)16-7-5-4-6-8-16;1-2-6-10(11)9-7-4-3-5-8-9;2*1-2/h3-22H,1-2H3;4-12H,3,13H2,1-2H3;3-8H,2,11H2,1H3;2*1-2H3/b;;10-6+;;. The van der Waals surface area contributed by atoms with Crippen LogP contribution in [0.4, 0.5) is 0 Å². The third-order valence-corrected chi connectivity index (χ3v) is 14.2. The summed E-state index contributed by atoms with van der Waals surface area (Å²) in [6.45, 7) is 19.6. The fraction of sp³-hybridized carbons (Fsp3) is 0.186. The summed E-state index contributed by atoms with van der Waals surface area (Å²) < 4.78 is 0. The smallest absolute Gasteiger partial charge is 0.0725 e. The molecule has 2 nitrogen and oxygen atoms in total. The summed E-state index contributed by atoms with van der Waals surface area (Å²) >= 11 is 0. The van der Waals surface area contributed by atoms with Gasteiger partial charge in [-0.25, -0.2) is 0 Å². The Kier molecular flexibility index (Phi) is 16.1. The van der Waals surface area contributed by atoms with Crippen molar-refractivity contribution in [3.8, 4) is 33.4 Å². The third kappa shape index (κ3) is 9.31. The summed E-state index contributed by atoms with van der Waals surface area (Å²) in [5.41, 5.74) is 26.1. The van der Waals surface area contributed by atoms with Gasteiger partial charge in [-0.2, -0.15) is 0 Å². The van der Waals surface area contributed by atoms with Gasteiger partial charge < -0.3 is 5.73 Å². The molecule has 2 aliphatic carbocycles. The number of aryl methyl sites for hydroxylation is 2. The van der Waals surface area contributed by atoms with Crippen LogP contribution in [0, 0.1) is 13.8 Å². The van der Waals surface area contributed by atoms with Gasteiger partial charge in [0.25, 0.3) is 0 Å². The SMILES string of the molecule is CC.CC.CC/C=C(/N)c1ccccc1.CCC(C)=NCc1ccc(-c2ccccc2)cc1.Cc1ccccc1-c1c(C)ccc2c3cccc4c3c3c(cccc3c12)C41c2ccccc2-c2ccccc21. The largest absolute Gasteiger partial charge is 0.399 e. The third-order valence-electron chi connectivity index (χ3n) is 14.2. The first-order chi connectivity index (χ1) is 35.3. The van der Waals surface area contributed by atoms with Gasteiger partial charge in [0, 0.05) is 11.4 Å². The molecule has 0 saturated carbocycles. The molecular formula is C70H70N2. The molecule has 0 fully saturated rings. The number of benzene rings is 10. The molecule has 10 aromatic carbocycles. The highest BCUT2D eigenvalue weighted by molar-refractivity contribution is 6.32. The van der Waals surface area contributed by atoms with Gasteiger partial charge in [0.05, 0.1) is 12.0 Å². The van der Waals surface area contributed by atoms with Crippen LogP contribution in [0.25, 0.3) is 71.4 Å². The van der Waals surface area contributed by atoms with Crippen LogP contribution in [0.15, 0.2) is 217 Å². The van der Waals surface area contributed by atoms with Crippen molar-refractivity contribution in [3.63, 3.8) is 0 Å². The van der Waals surface area contributed by atoms with Gasteiger partial charge in [-0.3, -0.25) is 4.99 Å². The minimum Gasteiger partial charge on any atom is -0.399 e. The lowest BCUT2D eigenvalue weighted by molar-refractivity contribution is 0.797. The second-order valence-corrected chi connectivity index (χ2v) is 18.2. The van der Waals surface area contributed by atoms with Crippen LogP contribution in [0.5, 0.6) is 0 Å². The van der Waals surface area contributed by atoms with Crippen LogP contribution in [-0.4, -0.2) is 5.71 Å². The van der Waals surface area contributed by atoms with Crippen LogP contribution in [0.3, 0.4) is 0 Å². The zero-order valence-corrected chi connectivity index (χ0v) is 43.9. The number of fused-ring (bicyclic) bond motifs is 10. The summed E-state index contributed by atoms with van der Waals surface area (Å²) in [6.07, 6.45) is 4.04. The van der Waals surface area contributed by atoms with Crippen LogP contribution in [0.1, 0.15) is 106 Å². The minimum absolute atomic E-state index is 0.302. The number of rotatable bonds is 7. The van der Waals surface area contributed by atoms with E-state index in [1.165, 1.54) is 110 Å². The zero-order chi connectivity index (χ0) is 50.8. The fourth-order valence-corrected chi connectivity index (χ4v) is 10.8. The average Bonchev–Trinajstić information content (AvgIpc) is 3.92. The molecule has 2 N–H and O–H groups in total. The van der Waals surface area contributed by atoms with Crippen LogP contribution in [0.2, 0.25) is 0 Å². The summed E-state index contributed by atoms with van der Waals surface area (Å²) in [4.78, 5) is 4.53. The number of aliphatic imine (C=N–C) groups is 1. The highest BCUT2D eigenvalue weighted by atomic mass is 14.7. The van der Waals surface area contributed by atoms with Crippen LogP contribution in [-0.2, 0) is 12.0 Å². The summed E-state index contributed by atoms with van der Waals surface area (Å²) in [6, 6.07) is 74.8. The second-order valence-electron chi connectivity index (χ2n) is 18.2. The van der Waals surface area contributed by atoms with Crippen LogP contribution >= 0.6 is 0 Å². The first-order valence-electron chi connectivity index (χ1n) is 26.2. The Balaban J connectivity index is 0.000000174.